The summed E-state index contributed by atoms with van der Waals surface area (Å²) < 4.78 is 6.46. The van der Waals surface area contributed by atoms with E-state index in [1.807, 2.05) is 48.2 Å². The molecule has 0 aliphatic carbocycles. The largest absolute Gasteiger partial charge is 0.494 e. The molecule has 0 spiro atoms. The summed E-state index contributed by atoms with van der Waals surface area (Å²) in [4.78, 5) is 28.9. The lowest BCUT2D eigenvalue weighted by atomic mass is 10.0. The number of amides is 2. The Morgan fingerprint density at radius 1 is 1.03 bits per heavy atom. The molecule has 0 bridgehead atoms. The third-order valence-corrected chi connectivity index (χ3v) is 5.92. The number of nitrogens with zero attached hydrogens (tertiary/aromatic N) is 2. The summed E-state index contributed by atoms with van der Waals surface area (Å²) in [6, 6.07) is 15.6. The number of piperazine rings is 1. The normalized spacial score (nSPS) is 15.4. The first kappa shape index (κ1) is 23.3. The summed E-state index contributed by atoms with van der Waals surface area (Å²) in [5.41, 5.74) is 2.17. The Kier molecular flexibility index (Phi) is 8.49. The van der Waals surface area contributed by atoms with Gasteiger partial charge in [-0.25, -0.2) is 0 Å². The highest BCUT2D eigenvalue weighted by Crippen LogP contribution is 2.21. The highest BCUT2D eigenvalue weighted by Gasteiger charge is 2.25. The van der Waals surface area contributed by atoms with Crippen LogP contribution in [0, 0.1) is 0 Å². The Morgan fingerprint density at radius 3 is 2.26 bits per heavy atom. The number of ether oxygens (including phenoxy) is 1. The van der Waals surface area contributed by atoms with Crippen molar-refractivity contribution >= 4 is 27.7 Å². The molecular weight excluding hydrogens is 458 g/mol. The molecule has 1 heterocycles. The summed E-state index contributed by atoms with van der Waals surface area (Å²) in [6.07, 6.45) is 0.264. The number of rotatable bonds is 8. The van der Waals surface area contributed by atoms with Crippen LogP contribution in [0.1, 0.15) is 37.4 Å². The van der Waals surface area contributed by atoms with E-state index in [1.165, 1.54) is 12.5 Å². The van der Waals surface area contributed by atoms with Crippen molar-refractivity contribution in [1.82, 2.24) is 15.1 Å². The molecule has 1 saturated heterocycles. The lowest BCUT2D eigenvalue weighted by molar-refractivity contribution is -0.133. The van der Waals surface area contributed by atoms with Crippen molar-refractivity contribution in [3.05, 3.63) is 64.1 Å². The number of halogens is 1. The van der Waals surface area contributed by atoms with Crippen LogP contribution < -0.4 is 10.1 Å². The second kappa shape index (κ2) is 11.3. The molecule has 2 aromatic rings. The Morgan fingerprint density at radius 2 is 1.68 bits per heavy atom. The average molecular weight is 488 g/mol. The predicted molar refractivity (Wildman–Crippen MR) is 125 cm³/mol. The summed E-state index contributed by atoms with van der Waals surface area (Å²) in [6.45, 7) is 8.06. The molecule has 7 heteroatoms. The van der Waals surface area contributed by atoms with E-state index in [1.54, 1.807) is 0 Å². The van der Waals surface area contributed by atoms with Gasteiger partial charge in [0.15, 0.2) is 0 Å². The first-order valence-electron chi connectivity index (χ1n) is 10.7. The van der Waals surface area contributed by atoms with E-state index in [0.29, 0.717) is 19.7 Å². The van der Waals surface area contributed by atoms with Gasteiger partial charge in [0, 0.05) is 44.1 Å². The third kappa shape index (κ3) is 7.08. The van der Waals surface area contributed by atoms with Gasteiger partial charge >= 0.3 is 0 Å². The number of hydrogen-bond acceptors (Lipinski definition) is 4. The van der Waals surface area contributed by atoms with Gasteiger partial charge < -0.3 is 15.0 Å². The quantitative estimate of drug-likeness (QED) is 0.615. The minimum Gasteiger partial charge on any atom is -0.494 e. The van der Waals surface area contributed by atoms with Gasteiger partial charge in [0.25, 0.3) is 0 Å². The Labute approximate surface area is 192 Å². The number of benzene rings is 2. The van der Waals surface area contributed by atoms with Gasteiger partial charge in [0.2, 0.25) is 11.8 Å². The van der Waals surface area contributed by atoms with Crippen LogP contribution >= 0.6 is 15.9 Å². The van der Waals surface area contributed by atoms with Gasteiger partial charge in [0.05, 0.1) is 19.1 Å². The van der Waals surface area contributed by atoms with Gasteiger partial charge in [-0.1, -0.05) is 40.2 Å². The number of hydrogen-bond donors (Lipinski definition) is 1. The molecule has 3 rings (SSSR count). The first-order valence-corrected chi connectivity index (χ1v) is 11.5. The molecule has 2 amide bonds. The summed E-state index contributed by atoms with van der Waals surface area (Å²) in [5.74, 6) is 0.824. The maximum atomic E-state index is 12.9. The Balaban J connectivity index is 1.52. The van der Waals surface area contributed by atoms with Crippen LogP contribution in [0.5, 0.6) is 5.75 Å². The fourth-order valence-electron chi connectivity index (χ4n) is 3.77. The van der Waals surface area contributed by atoms with Crippen LogP contribution in [-0.2, 0) is 16.1 Å². The SMILES string of the molecule is CCOc1ccc(CN2CCN(C(=O)CC(NC(C)=O)c3ccc(Br)cc3)CC2)cc1. The Hall–Kier alpha value is -2.38. The molecule has 2 aromatic carbocycles. The molecule has 1 N–H and O–H groups in total. The van der Waals surface area contributed by atoms with Crippen LogP contribution in [0.25, 0.3) is 0 Å². The van der Waals surface area contributed by atoms with E-state index in [9.17, 15) is 9.59 Å². The van der Waals surface area contributed by atoms with Crippen molar-refractivity contribution in [3.63, 3.8) is 0 Å². The van der Waals surface area contributed by atoms with Crippen molar-refractivity contribution in [2.45, 2.75) is 32.9 Å². The van der Waals surface area contributed by atoms with Crippen LogP contribution in [0.4, 0.5) is 0 Å². The van der Waals surface area contributed by atoms with Crippen molar-refractivity contribution in [3.8, 4) is 5.75 Å². The highest BCUT2D eigenvalue weighted by atomic mass is 79.9. The first-order chi connectivity index (χ1) is 14.9. The fourth-order valence-corrected chi connectivity index (χ4v) is 4.03. The van der Waals surface area contributed by atoms with E-state index in [-0.39, 0.29) is 24.3 Å². The summed E-state index contributed by atoms with van der Waals surface area (Å²) in [7, 11) is 0. The van der Waals surface area contributed by atoms with Crippen molar-refractivity contribution < 1.29 is 14.3 Å². The molecule has 31 heavy (non-hydrogen) atoms. The van der Waals surface area contributed by atoms with E-state index in [0.717, 1.165) is 35.4 Å². The van der Waals surface area contributed by atoms with Crippen molar-refractivity contribution in [1.29, 1.82) is 0 Å². The van der Waals surface area contributed by atoms with E-state index < -0.39 is 0 Å². The van der Waals surface area contributed by atoms with Gasteiger partial charge in [-0.3, -0.25) is 14.5 Å². The summed E-state index contributed by atoms with van der Waals surface area (Å²) in [5, 5.41) is 2.92. The maximum absolute atomic E-state index is 12.9. The number of carbonyl (C=O) groups is 2. The van der Waals surface area contributed by atoms with Crippen LogP contribution in [0.15, 0.2) is 53.0 Å². The van der Waals surface area contributed by atoms with Gasteiger partial charge in [-0.15, -0.1) is 0 Å². The van der Waals surface area contributed by atoms with Crippen molar-refractivity contribution in [2.75, 3.05) is 32.8 Å². The molecule has 0 aromatic heterocycles. The smallest absolute Gasteiger partial charge is 0.225 e. The molecule has 166 valence electrons. The zero-order valence-corrected chi connectivity index (χ0v) is 19.7. The minimum absolute atomic E-state index is 0.0717. The van der Waals surface area contributed by atoms with Crippen LogP contribution in [0.2, 0.25) is 0 Å². The molecular formula is C24H30BrN3O3. The van der Waals surface area contributed by atoms with E-state index >= 15 is 0 Å². The fraction of sp³-hybridized carbons (Fsp3) is 0.417. The standard InChI is InChI=1S/C24H30BrN3O3/c1-3-31-22-10-4-19(5-11-22)17-27-12-14-28(15-13-27)24(30)16-23(26-18(2)29)20-6-8-21(25)9-7-20/h4-11,23H,3,12-17H2,1-2H3,(H,26,29). The average Bonchev–Trinajstić information content (AvgIpc) is 2.75. The van der Waals surface area contributed by atoms with Crippen molar-refractivity contribution in [2.24, 2.45) is 0 Å². The monoisotopic (exact) mass is 487 g/mol. The zero-order chi connectivity index (χ0) is 22.2. The lowest BCUT2D eigenvalue weighted by Crippen LogP contribution is -2.49. The van der Waals surface area contributed by atoms with E-state index in [2.05, 4.69) is 38.3 Å². The van der Waals surface area contributed by atoms with Crippen LogP contribution in [0.3, 0.4) is 0 Å². The Bertz CT molecular complexity index is 863. The predicted octanol–water partition coefficient (Wildman–Crippen LogP) is 3.76. The molecule has 0 radical (unpaired) electrons. The molecule has 1 atom stereocenters. The molecule has 0 saturated carbocycles. The molecule has 1 aliphatic heterocycles. The number of carbonyl (C=O) groups excluding carboxylic acids is 2. The van der Waals surface area contributed by atoms with Crippen LogP contribution in [-0.4, -0.2) is 54.4 Å². The molecule has 1 aliphatic rings. The maximum Gasteiger partial charge on any atom is 0.225 e. The second-order valence-corrected chi connectivity index (χ2v) is 8.66. The number of nitrogens with one attached hydrogen (secondary N) is 1. The molecule has 1 unspecified atom stereocenters. The van der Waals surface area contributed by atoms with Gasteiger partial charge in [0.1, 0.15) is 5.75 Å². The second-order valence-electron chi connectivity index (χ2n) is 7.74. The van der Waals surface area contributed by atoms with Gasteiger partial charge in [-0.05, 0) is 42.3 Å². The molecule has 1 fully saturated rings. The van der Waals surface area contributed by atoms with Gasteiger partial charge in [-0.2, -0.15) is 0 Å². The highest BCUT2D eigenvalue weighted by molar-refractivity contribution is 9.10. The summed E-state index contributed by atoms with van der Waals surface area (Å²) >= 11 is 3.43. The topological polar surface area (TPSA) is 61.9 Å². The lowest BCUT2D eigenvalue weighted by Gasteiger charge is -2.35. The zero-order valence-electron chi connectivity index (χ0n) is 18.1. The minimum atomic E-state index is -0.319. The third-order valence-electron chi connectivity index (χ3n) is 5.39. The van der Waals surface area contributed by atoms with E-state index in [4.69, 9.17) is 4.74 Å². The molecule has 6 nitrogen and oxygen atoms in total.